The number of benzene rings is 2. The van der Waals surface area contributed by atoms with Gasteiger partial charge in [-0.25, -0.2) is 4.68 Å². The maximum Gasteiger partial charge on any atom is 0.270 e. The Kier molecular flexibility index (Phi) is 4.07. The molecule has 0 aliphatic carbocycles. The molecule has 0 aliphatic rings. The van der Waals surface area contributed by atoms with Gasteiger partial charge in [0.15, 0.2) is 0 Å². The third kappa shape index (κ3) is 3.10. The molecule has 0 saturated carbocycles. The second-order valence-corrected chi connectivity index (χ2v) is 5.60. The largest absolute Gasteiger partial charge is 0.270 e. The molecule has 0 unspecified atom stereocenters. The molecule has 3 rings (SSSR count). The molecular formula is C18H15ClN2O. The molecule has 3 nitrogen and oxygen atoms in total. The Hall–Kier alpha value is -2.39. The van der Waals surface area contributed by atoms with Gasteiger partial charge in [-0.1, -0.05) is 54.1 Å². The molecule has 0 atom stereocenters. The van der Waals surface area contributed by atoms with Gasteiger partial charge in [-0.2, -0.15) is 5.10 Å². The summed E-state index contributed by atoms with van der Waals surface area (Å²) in [6.07, 6.45) is 0. The van der Waals surface area contributed by atoms with Crippen LogP contribution in [-0.2, 0) is 6.54 Å². The van der Waals surface area contributed by atoms with Crippen LogP contribution >= 0.6 is 11.6 Å². The van der Waals surface area contributed by atoms with E-state index in [0.29, 0.717) is 17.1 Å². The summed E-state index contributed by atoms with van der Waals surface area (Å²) in [7, 11) is 0. The minimum atomic E-state index is -0.0744. The van der Waals surface area contributed by atoms with Crippen molar-refractivity contribution in [3.8, 4) is 11.3 Å². The van der Waals surface area contributed by atoms with Gasteiger partial charge in [0.05, 0.1) is 12.2 Å². The van der Waals surface area contributed by atoms with E-state index in [0.717, 1.165) is 16.8 Å². The van der Waals surface area contributed by atoms with Gasteiger partial charge in [0.2, 0.25) is 0 Å². The Labute approximate surface area is 133 Å². The number of aromatic nitrogens is 2. The molecular weight excluding hydrogens is 296 g/mol. The second-order valence-electron chi connectivity index (χ2n) is 5.17. The zero-order valence-electron chi connectivity index (χ0n) is 12.2. The highest BCUT2D eigenvalue weighted by Crippen LogP contribution is 2.16. The van der Waals surface area contributed by atoms with Crippen molar-refractivity contribution in [3.05, 3.63) is 87.2 Å². The van der Waals surface area contributed by atoms with Crippen molar-refractivity contribution >= 4 is 11.6 Å². The summed E-state index contributed by atoms with van der Waals surface area (Å²) >= 11 is 5.89. The summed E-state index contributed by atoms with van der Waals surface area (Å²) < 4.78 is 1.50. The molecule has 0 radical (unpaired) electrons. The van der Waals surface area contributed by atoms with Crippen LogP contribution in [0.15, 0.2) is 65.5 Å². The van der Waals surface area contributed by atoms with Crippen LogP contribution in [0.1, 0.15) is 11.1 Å². The quantitative estimate of drug-likeness (QED) is 0.735. The van der Waals surface area contributed by atoms with Gasteiger partial charge in [-0.3, -0.25) is 4.79 Å². The Morgan fingerprint density at radius 1 is 1.05 bits per heavy atom. The highest BCUT2D eigenvalue weighted by molar-refractivity contribution is 6.30. The van der Waals surface area contributed by atoms with E-state index in [1.165, 1.54) is 4.68 Å². The molecule has 3 aromatic rings. The molecule has 0 bridgehead atoms. The van der Waals surface area contributed by atoms with Crippen molar-refractivity contribution < 1.29 is 0 Å². The summed E-state index contributed by atoms with van der Waals surface area (Å²) in [4.78, 5) is 12.3. The fourth-order valence-electron chi connectivity index (χ4n) is 2.29. The molecule has 0 aliphatic heterocycles. The van der Waals surface area contributed by atoms with Crippen LogP contribution in [0.3, 0.4) is 0 Å². The molecule has 0 saturated heterocycles. The highest BCUT2D eigenvalue weighted by Gasteiger charge is 2.07. The third-order valence-electron chi connectivity index (χ3n) is 3.47. The summed E-state index contributed by atoms with van der Waals surface area (Å²) in [5.74, 6) is 0. The lowest BCUT2D eigenvalue weighted by atomic mass is 10.1. The highest BCUT2D eigenvalue weighted by atomic mass is 35.5. The van der Waals surface area contributed by atoms with E-state index in [1.807, 2.05) is 67.6 Å². The minimum Gasteiger partial charge on any atom is -0.268 e. The van der Waals surface area contributed by atoms with Crippen LogP contribution in [0, 0.1) is 6.92 Å². The molecule has 1 aromatic heterocycles. The molecule has 0 spiro atoms. The normalized spacial score (nSPS) is 10.6. The Morgan fingerprint density at radius 3 is 2.41 bits per heavy atom. The Morgan fingerprint density at radius 2 is 1.73 bits per heavy atom. The van der Waals surface area contributed by atoms with Gasteiger partial charge in [0.1, 0.15) is 0 Å². The third-order valence-corrected chi connectivity index (χ3v) is 3.72. The van der Waals surface area contributed by atoms with E-state index in [4.69, 9.17) is 11.6 Å². The first kappa shape index (κ1) is 14.5. The van der Waals surface area contributed by atoms with Crippen LogP contribution in [0.2, 0.25) is 5.02 Å². The predicted molar refractivity (Wildman–Crippen MR) is 89.2 cm³/mol. The van der Waals surface area contributed by atoms with Crippen molar-refractivity contribution in [2.75, 3.05) is 0 Å². The second kappa shape index (κ2) is 6.16. The molecule has 0 fully saturated rings. The van der Waals surface area contributed by atoms with Gasteiger partial charge < -0.3 is 0 Å². The van der Waals surface area contributed by atoms with Crippen LogP contribution in [0.4, 0.5) is 0 Å². The molecule has 4 heteroatoms. The van der Waals surface area contributed by atoms with Crippen molar-refractivity contribution in [1.29, 1.82) is 0 Å². The first-order chi connectivity index (χ1) is 10.6. The predicted octanol–water partition coefficient (Wildman–Crippen LogP) is 3.92. The van der Waals surface area contributed by atoms with Gasteiger partial charge in [0.25, 0.3) is 5.56 Å². The average molecular weight is 311 g/mol. The van der Waals surface area contributed by atoms with Gasteiger partial charge in [0, 0.05) is 16.1 Å². The molecule has 0 amide bonds. The van der Waals surface area contributed by atoms with Crippen LogP contribution in [-0.4, -0.2) is 9.78 Å². The first-order valence-corrected chi connectivity index (χ1v) is 7.40. The number of hydrogen-bond donors (Lipinski definition) is 0. The lowest BCUT2D eigenvalue weighted by molar-refractivity contribution is 0.638. The fourth-order valence-corrected chi connectivity index (χ4v) is 2.42. The van der Waals surface area contributed by atoms with E-state index in [9.17, 15) is 4.79 Å². The zero-order chi connectivity index (χ0) is 15.5. The summed E-state index contributed by atoms with van der Waals surface area (Å²) in [5, 5.41) is 5.17. The Balaban J connectivity index is 2.02. The van der Waals surface area contributed by atoms with E-state index in [-0.39, 0.29) is 5.56 Å². The number of hydrogen-bond acceptors (Lipinski definition) is 2. The SMILES string of the molecule is Cc1cc(-c2ccccc2)nn(Cc2ccc(Cl)cc2)c1=O. The molecule has 2 aromatic carbocycles. The van der Waals surface area contributed by atoms with E-state index in [1.54, 1.807) is 0 Å². The van der Waals surface area contributed by atoms with Gasteiger partial charge in [-0.15, -0.1) is 0 Å². The lowest BCUT2D eigenvalue weighted by Gasteiger charge is -2.09. The summed E-state index contributed by atoms with van der Waals surface area (Å²) in [6.45, 7) is 2.24. The van der Waals surface area contributed by atoms with Gasteiger partial charge in [-0.05, 0) is 30.7 Å². The van der Waals surface area contributed by atoms with Crippen LogP contribution in [0.25, 0.3) is 11.3 Å². The van der Waals surface area contributed by atoms with Crippen LogP contribution in [0.5, 0.6) is 0 Å². The standard InChI is InChI=1S/C18H15ClN2O/c1-13-11-17(15-5-3-2-4-6-15)20-21(18(13)22)12-14-7-9-16(19)10-8-14/h2-11H,12H2,1H3. The zero-order valence-corrected chi connectivity index (χ0v) is 12.9. The number of aryl methyl sites for hydroxylation is 1. The van der Waals surface area contributed by atoms with Crippen molar-refractivity contribution in [3.63, 3.8) is 0 Å². The van der Waals surface area contributed by atoms with E-state index in [2.05, 4.69) is 5.10 Å². The summed E-state index contributed by atoms with van der Waals surface area (Å²) in [5.41, 5.74) is 3.39. The van der Waals surface area contributed by atoms with Crippen molar-refractivity contribution in [2.24, 2.45) is 0 Å². The summed E-state index contributed by atoms with van der Waals surface area (Å²) in [6, 6.07) is 19.1. The van der Waals surface area contributed by atoms with E-state index < -0.39 is 0 Å². The first-order valence-electron chi connectivity index (χ1n) is 7.02. The average Bonchev–Trinajstić information content (AvgIpc) is 2.54. The maximum absolute atomic E-state index is 12.3. The van der Waals surface area contributed by atoms with Crippen molar-refractivity contribution in [1.82, 2.24) is 9.78 Å². The van der Waals surface area contributed by atoms with E-state index >= 15 is 0 Å². The lowest BCUT2D eigenvalue weighted by Crippen LogP contribution is -2.25. The smallest absolute Gasteiger partial charge is 0.268 e. The fraction of sp³-hybridized carbons (Fsp3) is 0.111. The number of nitrogens with zero attached hydrogens (tertiary/aromatic N) is 2. The molecule has 0 N–H and O–H groups in total. The molecule has 110 valence electrons. The minimum absolute atomic E-state index is 0.0744. The molecule has 22 heavy (non-hydrogen) atoms. The van der Waals surface area contributed by atoms with Gasteiger partial charge >= 0.3 is 0 Å². The molecule has 1 heterocycles. The topological polar surface area (TPSA) is 34.9 Å². The van der Waals surface area contributed by atoms with Crippen LogP contribution < -0.4 is 5.56 Å². The maximum atomic E-state index is 12.3. The monoisotopic (exact) mass is 310 g/mol. The number of rotatable bonds is 3. The van der Waals surface area contributed by atoms with Crippen molar-refractivity contribution in [2.45, 2.75) is 13.5 Å². The Bertz CT molecular complexity index is 839. The number of halogens is 1.